The average Bonchev–Trinajstić information content (AvgIpc) is 2.16. The van der Waals surface area contributed by atoms with Crippen LogP contribution in [0.2, 0.25) is 0 Å². The molecule has 5 heteroatoms. The van der Waals surface area contributed by atoms with Crippen molar-refractivity contribution in [3.8, 4) is 0 Å². The molecular formula is C9H17N3O2. The van der Waals surface area contributed by atoms with E-state index in [1.54, 1.807) is 11.9 Å². The normalized spacial score (nSPS) is 17.9. The summed E-state index contributed by atoms with van der Waals surface area (Å²) in [7, 11) is 1.74. The standard InChI is InChI=1S/C9H17N3O2/c1-9(2,10-3)8(14)12-5-4-11-7(13)6-12/h10H,4-6H2,1-3H3,(H,11,13). The van der Waals surface area contributed by atoms with Crippen molar-refractivity contribution < 1.29 is 9.59 Å². The Balaban J connectivity index is 2.64. The lowest BCUT2D eigenvalue weighted by Crippen LogP contribution is -2.58. The van der Waals surface area contributed by atoms with Crippen molar-refractivity contribution in [3.63, 3.8) is 0 Å². The lowest BCUT2D eigenvalue weighted by Gasteiger charge is -2.33. The van der Waals surface area contributed by atoms with Crippen molar-refractivity contribution in [1.82, 2.24) is 15.5 Å². The Morgan fingerprint density at radius 2 is 2.21 bits per heavy atom. The van der Waals surface area contributed by atoms with Crippen molar-refractivity contribution in [2.45, 2.75) is 19.4 Å². The number of rotatable bonds is 2. The third kappa shape index (κ3) is 2.23. The summed E-state index contributed by atoms with van der Waals surface area (Å²) in [5.74, 6) is -0.119. The molecule has 0 aromatic rings. The molecule has 0 unspecified atom stereocenters. The number of carbonyl (C=O) groups excluding carboxylic acids is 2. The van der Waals surface area contributed by atoms with Crippen molar-refractivity contribution in [2.24, 2.45) is 0 Å². The molecule has 1 aliphatic rings. The van der Waals surface area contributed by atoms with Crippen LogP contribution in [0.1, 0.15) is 13.8 Å². The second kappa shape index (κ2) is 3.96. The third-order valence-electron chi connectivity index (χ3n) is 2.49. The van der Waals surface area contributed by atoms with Crippen LogP contribution in [0.4, 0.5) is 0 Å². The quantitative estimate of drug-likeness (QED) is 0.596. The molecule has 0 aliphatic carbocycles. The van der Waals surface area contributed by atoms with Gasteiger partial charge in [0.05, 0.1) is 12.1 Å². The second-order valence-electron chi connectivity index (χ2n) is 3.95. The summed E-state index contributed by atoms with van der Waals surface area (Å²) in [6.45, 7) is 4.92. The first kappa shape index (κ1) is 11.0. The van der Waals surface area contributed by atoms with E-state index in [-0.39, 0.29) is 18.4 Å². The van der Waals surface area contributed by atoms with E-state index in [1.165, 1.54) is 0 Å². The second-order valence-corrected chi connectivity index (χ2v) is 3.95. The van der Waals surface area contributed by atoms with Crippen LogP contribution < -0.4 is 10.6 Å². The molecule has 1 heterocycles. The van der Waals surface area contributed by atoms with Gasteiger partial charge in [-0.3, -0.25) is 9.59 Å². The fraction of sp³-hybridized carbons (Fsp3) is 0.778. The van der Waals surface area contributed by atoms with Gasteiger partial charge in [-0.15, -0.1) is 0 Å². The van der Waals surface area contributed by atoms with Crippen LogP contribution in [-0.4, -0.2) is 48.9 Å². The molecule has 0 aromatic carbocycles. The number of carbonyl (C=O) groups is 2. The van der Waals surface area contributed by atoms with E-state index < -0.39 is 5.54 Å². The van der Waals surface area contributed by atoms with Gasteiger partial charge in [-0.25, -0.2) is 0 Å². The van der Waals surface area contributed by atoms with Gasteiger partial charge in [-0.05, 0) is 20.9 Å². The Morgan fingerprint density at radius 3 is 2.71 bits per heavy atom. The summed E-state index contributed by atoms with van der Waals surface area (Å²) in [6.07, 6.45) is 0. The molecule has 0 atom stereocenters. The molecule has 0 radical (unpaired) electrons. The number of likely N-dealkylation sites (N-methyl/N-ethyl adjacent to an activating group) is 1. The topological polar surface area (TPSA) is 61.4 Å². The smallest absolute Gasteiger partial charge is 0.242 e. The van der Waals surface area contributed by atoms with Gasteiger partial charge in [-0.2, -0.15) is 0 Å². The molecule has 1 fully saturated rings. The molecule has 80 valence electrons. The molecule has 5 nitrogen and oxygen atoms in total. The minimum atomic E-state index is -0.600. The maximum absolute atomic E-state index is 11.9. The number of piperazine rings is 1. The van der Waals surface area contributed by atoms with E-state index in [1.807, 2.05) is 13.8 Å². The van der Waals surface area contributed by atoms with Crippen LogP contribution >= 0.6 is 0 Å². The minimum Gasteiger partial charge on any atom is -0.353 e. The first-order valence-corrected chi connectivity index (χ1v) is 4.72. The number of nitrogens with one attached hydrogen (secondary N) is 2. The average molecular weight is 199 g/mol. The van der Waals surface area contributed by atoms with E-state index in [2.05, 4.69) is 10.6 Å². The Labute approximate surface area is 83.8 Å². The molecule has 0 spiro atoms. The Morgan fingerprint density at radius 1 is 1.57 bits per heavy atom. The summed E-state index contributed by atoms with van der Waals surface area (Å²) in [5.41, 5.74) is -0.600. The third-order valence-corrected chi connectivity index (χ3v) is 2.49. The molecule has 2 amide bonds. The zero-order chi connectivity index (χ0) is 10.8. The van der Waals surface area contributed by atoms with Crippen LogP contribution in [0.25, 0.3) is 0 Å². The van der Waals surface area contributed by atoms with Gasteiger partial charge in [0.25, 0.3) is 0 Å². The summed E-state index contributed by atoms with van der Waals surface area (Å²) in [5, 5.41) is 5.61. The number of amides is 2. The maximum Gasteiger partial charge on any atom is 0.242 e. The van der Waals surface area contributed by atoms with Crippen molar-refractivity contribution in [3.05, 3.63) is 0 Å². The van der Waals surface area contributed by atoms with Crippen LogP contribution in [0.5, 0.6) is 0 Å². The van der Waals surface area contributed by atoms with Gasteiger partial charge < -0.3 is 15.5 Å². The van der Waals surface area contributed by atoms with E-state index in [9.17, 15) is 9.59 Å². The molecule has 1 aliphatic heterocycles. The molecule has 0 saturated carbocycles. The first-order valence-electron chi connectivity index (χ1n) is 4.72. The molecule has 0 bridgehead atoms. The molecule has 1 rings (SSSR count). The lowest BCUT2D eigenvalue weighted by molar-refractivity contribution is -0.142. The van der Waals surface area contributed by atoms with Gasteiger partial charge in [0.1, 0.15) is 0 Å². The maximum atomic E-state index is 11.9. The molecule has 0 aromatic heterocycles. The minimum absolute atomic E-state index is 0.0325. The first-order chi connectivity index (χ1) is 6.47. The van der Waals surface area contributed by atoms with Crippen molar-refractivity contribution in [1.29, 1.82) is 0 Å². The highest BCUT2D eigenvalue weighted by molar-refractivity contribution is 5.90. The zero-order valence-electron chi connectivity index (χ0n) is 8.89. The van der Waals surface area contributed by atoms with Gasteiger partial charge in [-0.1, -0.05) is 0 Å². The monoisotopic (exact) mass is 199 g/mol. The molecule has 2 N–H and O–H groups in total. The van der Waals surface area contributed by atoms with Crippen LogP contribution in [0.15, 0.2) is 0 Å². The Hall–Kier alpha value is -1.10. The van der Waals surface area contributed by atoms with E-state index in [4.69, 9.17) is 0 Å². The van der Waals surface area contributed by atoms with E-state index in [0.29, 0.717) is 13.1 Å². The predicted octanol–water partition coefficient (Wildman–Crippen LogP) is -1.06. The van der Waals surface area contributed by atoms with Gasteiger partial charge in [0.15, 0.2) is 0 Å². The van der Waals surface area contributed by atoms with E-state index in [0.717, 1.165) is 0 Å². The van der Waals surface area contributed by atoms with Crippen LogP contribution in [-0.2, 0) is 9.59 Å². The predicted molar refractivity (Wildman–Crippen MR) is 52.7 cm³/mol. The molecule has 14 heavy (non-hydrogen) atoms. The van der Waals surface area contributed by atoms with Gasteiger partial charge >= 0.3 is 0 Å². The van der Waals surface area contributed by atoms with Crippen LogP contribution in [0.3, 0.4) is 0 Å². The zero-order valence-corrected chi connectivity index (χ0v) is 8.89. The van der Waals surface area contributed by atoms with Crippen molar-refractivity contribution >= 4 is 11.8 Å². The lowest BCUT2D eigenvalue weighted by atomic mass is 10.0. The fourth-order valence-corrected chi connectivity index (χ4v) is 1.31. The number of nitrogens with zero attached hydrogens (tertiary/aromatic N) is 1. The van der Waals surface area contributed by atoms with Crippen LogP contribution in [0, 0.1) is 0 Å². The fourth-order valence-electron chi connectivity index (χ4n) is 1.31. The summed E-state index contributed by atoms with van der Waals surface area (Å²) < 4.78 is 0. The summed E-state index contributed by atoms with van der Waals surface area (Å²) in [6, 6.07) is 0. The molecule has 1 saturated heterocycles. The number of hydrogen-bond acceptors (Lipinski definition) is 3. The SMILES string of the molecule is CNC(C)(C)C(=O)N1CCNC(=O)C1. The Bertz CT molecular complexity index is 250. The highest BCUT2D eigenvalue weighted by Crippen LogP contribution is 2.08. The van der Waals surface area contributed by atoms with E-state index >= 15 is 0 Å². The highest BCUT2D eigenvalue weighted by Gasteiger charge is 2.32. The number of hydrogen-bond donors (Lipinski definition) is 2. The Kier molecular flexibility index (Phi) is 3.10. The summed E-state index contributed by atoms with van der Waals surface area (Å²) >= 11 is 0. The highest BCUT2D eigenvalue weighted by atomic mass is 16.2. The largest absolute Gasteiger partial charge is 0.353 e. The molecular weight excluding hydrogens is 182 g/mol. The summed E-state index contributed by atoms with van der Waals surface area (Å²) in [4.78, 5) is 24.5. The van der Waals surface area contributed by atoms with Gasteiger partial charge in [0, 0.05) is 13.1 Å². The van der Waals surface area contributed by atoms with Gasteiger partial charge in [0.2, 0.25) is 11.8 Å². The van der Waals surface area contributed by atoms with Crippen molar-refractivity contribution in [2.75, 3.05) is 26.7 Å².